The first-order chi connectivity index (χ1) is 8.61. The normalized spacial score (nSPS) is 19.8. The van der Waals surface area contributed by atoms with Gasteiger partial charge in [0.05, 0.1) is 6.54 Å². The maximum absolute atomic E-state index is 11.8. The monoisotopic (exact) mass is 248 g/mol. The molecule has 1 heterocycles. The number of nitrogens with one attached hydrogen (secondary N) is 1. The molecule has 1 saturated heterocycles. The second-order valence-electron chi connectivity index (χ2n) is 4.33. The molecule has 1 unspecified atom stereocenters. The van der Waals surface area contributed by atoms with Crippen LogP contribution in [0, 0.1) is 0 Å². The van der Waals surface area contributed by atoms with Crippen molar-refractivity contribution in [1.29, 1.82) is 0 Å². The lowest BCUT2D eigenvalue weighted by Gasteiger charge is -2.34. The predicted molar refractivity (Wildman–Crippen MR) is 65.7 cm³/mol. The van der Waals surface area contributed by atoms with Crippen LogP contribution in [0.4, 0.5) is 0 Å². The number of nitrogens with zero attached hydrogens (tertiary/aromatic N) is 1. The second-order valence-corrected chi connectivity index (χ2v) is 4.33. The van der Waals surface area contributed by atoms with Gasteiger partial charge in [0.25, 0.3) is 0 Å². The summed E-state index contributed by atoms with van der Waals surface area (Å²) in [5, 5.41) is 11.8. The Labute approximate surface area is 105 Å². The van der Waals surface area contributed by atoms with E-state index in [1.807, 2.05) is 6.92 Å². The quantitative estimate of drug-likeness (QED) is 0.824. The first-order valence-electron chi connectivity index (χ1n) is 5.97. The second kappa shape index (κ2) is 5.08. The van der Waals surface area contributed by atoms with E-state index in [-0.39, 0.29) is 24.1 Å². The van der Waals surface area contributed by atoms with E-state index >= 15 is 0 Å². The zero-order chi connectivity index (χ0) is 13.1. The molecule has 1 aliphatic rings. The van der Waals surface area contributed by atoms with Crippen molar-refractivity contribution in [3.8, 4) is 5.75 Å². The zero-order valence-corrected chi connectivity index (χ0v) is 10.2. The van der Waals surface area contributed by atoms with Gasteiger partial charge in [0.15, 0.2) is 0 Å². The van der Waals surface area contributed by atoms with Crippen molar-refractivity contribution >= 4 is 11.8 Å². The SMILES string of the molecule is CCC1C(=O)NCC(=O)N1Cc1ccc(O)cc1. The van der Waals surface area contributed by atoms with E-state index in [4.69, 9.17) is 0 Å². The third-order valence-corrected chi connectivity index (χ3v) is 3.09. The lowest BCUT2D eigenvalue weighted by molar-refractivity contribution is -0.146. The van der Waals surface area contributed by atoms with E-state index in [9.17, 15) is 14.7 Å². The van der Waals surface area contributed by atoms with Gasteiger partial charge in [-0.1, -0.05) is 19.1 Å². The topological polar surface area (TPSA) is 69.6 Å². The average Bonchev–Trinajstić information content (AvgIpc) is 2.37. The Morgan fingerprint density at radius 3 is 2.61 bits per heavy atom. The maximum atomic E-state index is 11.8. The van der Waals surface area contributed by atoms with Gasteiger partial charge in [-0.3, -0.25) is 9.59 Å². The average molecular weight is 248 g/mol. The Bertz CT molecular complexity index is 456. The Morgan fingerprint density at radius 2 is 2.00 bits per heavy atom. The summed E-state index contributed by atoms with van der Waals surface area (Å²) in [6, 6.07) is 6.25. The number of phenolic OH excluding ortho intramolecular Hbond substituents is 1. The molecule has 0 radical (unpaired) electrons. The van der Waals surface area contributed by atoms with Crippen LogP contribution in [0.25, 0.3) is 0 Å². The van der Waals surface area contributed by atoms with Crippen LogP contribution in [0.5, 0.6) is 5.75 Å². The summed E-state index contributed by atoms with van der Waals surface area (Å²) in [6.45, 7) is 2.34. The molecule has 2 rings (SSSR count). The van der Waals surface area contributed by atoms with Crippen LogP contribution < -0.4 is 5.32 Å². The first-order valence-corrected chi connectivity index (χ1v) is 5.97. The van der Waals surface area contributed by atoms with E-state index in [1.54, 1.807) is 29.2 Å². The fourth-order valence-electron chi connectivity index (χ4n) is 2.10. The molecule has 96 valence electrons. The molecule has 2 N–H and O–H groups in total. The Kier molecular flexibility index (Phi) is 3.50. The smallest absolute Gasteiger partial charge is 0.243 e. The molecule has 2 amide bonds. The summed E-state index contributed by atoms with van der Waals surface area (Å²) in [5.74, 6) is 0.0129. The maximum Gasteiger partial charge on any atom is 0.243 e. The summed E-state index contributed by atoms with van der Waals surface area (Å²) in [4.78, 5) is 25.1. The van der Waals surface area contributed by atoms with E-state index in [0.717, 1.165) is 5.56 Å². The number of rotatable bonds is 3. The molecule has 1 aromatic rings. The van der Waals surface area contributed by atoms with Crippen molar-refractivity contribution in [3.05, 3.63) is 29.8 Å². The van der Waals surface area contributed by atoms with Gasteiger partial charge >= 0.3 is 0 Å². The van der Waals surface area contributed by atoms with Gasteiger partial charge in [0.1, 0.15) is 11.8 Å². The van der Waals surface area contributed by atoms with Crippen LogP contribution in [0.2, 0.25) is 0 Å². The van der Waals surface area contributed by atoms with Crippen molar-refractivity contribution in [2.24, 2.45) is 0 Å². The third-order valence-electron chi connectivity index (χ3n) is 3.09. The highest BCUT2D eigenvalue weighted by atomic mass is 16.3. The van der Waals surface area contributed by atoms with Gasteiger partial charge in [-0.25, -0.2) is 0 Å². The third kappa shape index (κ3) is 2.45. The molecule has 5 heteroatoms. The molecule has 1 aliphatic heterocycles. The number of carbonyl (C=O) groups excluding carboxylic acids is 2. The summed E-state index contributed by atoms with van der Waals surface area (Å²) >= 11 is 0. The molecule has 0 saturated carbocycles. The van der Waals surface area contributed by atoms with Crippen LogP contribution in [0.15, 0.2) is 24.3 Å². The van der Waals surface area contributed by atoms with Crippen molar-refractivity contribution in [1.82, 2.24) is 10.2 Å². The molecular formula is C13H16N2O3. The summed E-state index contributed by atoms with van der Waals surface area (Å²) in [7, 11) is 0. The van der Waals surface area contributed by atoms with E-state index in [0.29, 0.717) is 13.0 Å². The Morgan fingerprint density at radius 1 is 1.33 bits per heavy atom. The number of hydrogen-bond donors (Lipinski definition) is 2. The number of phenols is 1. The van der Waals surface area contributed by atoms with Crippen molar-refractivity contribution in [3.63, 3.8) is 0 Å². The molecule has 18 heavy (non-hydrogen) atoms. The predicted octanol–water partition coefficient (Wildman–Crippen LogP) is 0.629. The Hall–Kier alpha value is -2.04. The number of carbonyl (C=O) groups is 2. The summed E-state index contributed by atoms with van der Waals surface area (Å²) < 4.78 is 0. The molecule has 0 aliphatic carbocycles. The lowest BCUT2D eigenvalue weighted by atomic mass is 10.1. The molecule has 1 fully saturated rings. The minimum Gasteiger partial charge on any atom is -0.508 e. The molecule has 0 bridgehead atoms. The van der Waals surface area contributed by atoms with E-state index in [2.05, 4.69) is 5.32 Å². The van der Waals surface area contributed by atoms with Gasteiger partial charge < -0.3 is 15.3 Å². The standard InChI is InChI=1S/C13H16N2O3/c1-2-11-13(18)14-7-12(17)15(11)8-9-3-5-10(16)6-4-9/h3-6,11,16H,2,7-8H2,1H3,(H,14,18). The van der Waals surface area contributed by atoms with Crippen molar-refractivity contribution in [2.75, 3.05) is 6.54 Å². The van der Waals surface area contributed by atoms with Crippen LogP contribution in [0.3, 0.4) is 0 Å². The molecule has 5 nitrogen and oxygen atoms in total. The van der Waals surface area contributed by atoms with Crippen molar-refractivity contribution < 1.29 is 14.7 Å². The van der Waals surface area contributed by atoms with Gasteiger partial charge in [-0.05, 0) is 24.1 Å². The number of hydrogen-bond acceptors (Lipinski definition) is 3. The number of amides is 2. The Balaban J connectivity index is 2.16. The zero-order valence-electron chi connectivity index (χ0n) is 10.2. The highest BCUT2D eigenvalue weighted by molar-refractivity contribution is 5.94. The number of aromatic hydroxyl groups is 1. The van der Waals surface area contributed by atoms with E-state index < -0.39 is 6.04 Å². The minimum atomic E-state index is -0.403. The fraction of sp³-hybridized carbons (Fsp3) is 0.385. The molecule has 0 aromatic heterocycles. The van der Waals surface area contributed by atoms with Gasteiger partial charge in [0, 0.05) is 6.54 Å². The molecule has 1 aromatic carbocycles. The lowest BCUT2D eigenvalue weighted by Crippen LogP contribution is -2.57. The van der Waals surface area contributed by atoms with Crippen molar-refractivity contribution in [2.45, 2.75) is 25.9 Å². The van der Waals surface area contributed by atoms with Crippen LogP contribution in [0.1, 0.15) is 18.9 Å². The molecule has 0 spiro atoms. The summed E-state index contributed by atoms with van der Waals surface area (Å²) in [5.41, 5.74) is 0.898. The van der Waals surface area contributed by atoms with E-state index in [1.165, 1.54) is 0 Å². The highest BCUT2D eigenvalue weighted by Crippen LogP contribution is 2.16. The largest absolute Gasteiger partial charge is 0.508 e. The van der Waals surface area contributed by atoms with Gasteiger partial charge in [-0.2, -0.15) is 0 Å². The van der Waals surface area contributed by atoms with Gasteiger partial charge in [0.2, 0.25) is 11.8 Å². The first kappa shape index (κ1) is 12.4. The van der Waals surface area contributed by atoms with Gasteiger partial charge in [-0.15, -0.1) is 0 Å². The molecular weight excluding hydrogens is 232 g/mol. The number of benzene rings is 1. The summed E-state index contributed by atoms with van der Waals surface area (Å²) in [6.07, 6.45) is 0.593. The van der Waals surface area contributed by atoms with Crippen LogP contribution in [-0.2, 0) is 16.1 Å². The highest BCUT2D eigenvalue weighted by Gasteiger charge is 2.32. The number of piperazine rings is 1. The van der Waals surface area contributed by atoms with Crippen LogP contribution in [-0.4, -0.2) is 34.4 Å². The fourth-order valence-corrected chi connectivity index (χ4v) is 2.10. The minimum absolute atomic E-state index is 0.0629. The van der Waals surface area contributed by atoms with Crippen LogP contribution >= 0.6 is 0 Å². The molecule has 1 atom stereocenters.